The predicted octanol–water partition coefficient (Wildman–Crippen LogP) is 3.89. The number of pyridine rings is 2. The maximum absolute atomic E-state index is 13.3. The van der Waals surface area contributed by atoms with E-state index in [1.807, 2.05) is 6.07 Å². The minimum atomic E-state index is -0.967. The van der Waals surface area contributed by atoms with E-state index in [0.29, 0.717) is 28.4 Å². The lowest BCUT2D eigenvalue weighted by Gasteiger charge is -2.01. The van der Waals surface area contributed by atoms with Crippen molar-refractivity contribution in [3.8, 4) is 6.07 Å². The van der Waals surface area contributed by atoms with Crippen molar-refractivity contribution in [2.24, 2.45) is 0 Å². The van der Waals surface area contributed by atoms with Crippen LogP contribution in [0.15, 0.2) is 24.5 Å². The van der Waals surface area contributed by atoms with Gasteiger partial charge in [0.1, 0.15) is 11.6 Å². The fraction of sp³-hybridized carbons (Fsp3) is 0.400. The van der Waals surface area contributed by atoms with Crippen molar-refractivity contribution in [2.75, 3.05) is 0 Å². The lowest BCUT2D eigenvalue weighted by molar-refractivity contribution is -0.136. The third-order valence-electron chi connectivity index (χ3n) is 4.42. The van der Waals surface area contributed by atoms with Gasteiger partial charge >= 0.3 is 5.97 Å². The SMILES string of the molecule is N#CCc1cnc(C2CC2)c(F)c1.O=C(O)Cc1cnc(C2CC2)c(F)c1. The van der Waals surface area contributed by atoms with Gasteiger partial charge in [0, 0.05) is 24.2 Å². The molecule has 0 amide bonds. The molecule has 5 nitrogen and oxygen atoms in total. The van der Waals surface area contributed by atoms with Crippen LogP contribution >= 0.6 is 0 Å². The van der Waals surface area contributed by atoms with Crippen molar-refractivity contribution >= 4 is 5.97 Å². The van der Waals surface area contributed by atoms with E-state index in [0.717, 1.165) is 25.7 Å². The van der Waals surface area contributed by atoms with Gasteiger partial charge in [-0.3, -0.25) is 14.8 Å². The fourth-order valence-corrected chi connectivity index (χ4v) is 2.75. The maximum Gasteiger partial charge on any atom is 0.307 e. The fourth-order valence-electron chi connectivity index (χ4n) is 2.75. The van der Waals surface area contributed by atoms with Crippen LogP contribution in [0.25, 0.3) is 0 Å². The molecule has 0 aliphatic heterocycles. The quantitative estimate of drug-likeness (QED) is 0.862. The number of nitriles is 1. The van der Waals surface area contributed by atoms with E-state index >= 15 is 0 Å². The van der Waals surface area contributed by atoms with Gasteiger partial charge in [-0.15, -0.1) is 0 Å². The minimum absolute atomic E-state index is 0.172. The highest BCUT2D eigenvalue weighted by Gasteiger charge is 2.28. The van der Waals surface area contributed by atoms with Gasteiger partial charge in [0.05, 0.1) is 30.3 Å². The number of carboxylic acids is 1. The first-order valence-corrected chi connectivity index (χ1v) is 8.85. The lowest BCUT2D eigenvalue weighted by Crippen LogP contribution is -2.02. The Balaban J connectivity index is 0.000000156. The van der Waals surface area contributed by atoms with E-state index in [1.54, 1.807) is 6.20 Å². The predicted molar refractivity (Wildman–Crippen MR) is 93.0 cm³/mol. The molecule has 2 aliphatic rings. The smallest absolute Gasteiger partial charge is 0.307 e. The minimum Gasteiger partial charge on any atom is -0.481 e. The number of carboxylic acid groups (broad SMARTS) is 1. The second-order valence-electron chi connectivity index (χ2n) is 6.88. The molecule has 0 saturated heterocycles. The Bertz CT molecular complexity index is 887. The standard InChI is InChI=1S/C10H9FN2.C10H10FNO2/c11-9-5-7(3-4-12)6-13-10(9)8-1-2-8;11-8-3-6(4-9(13)14)5-12-10(8)7-1-2-7/h5-6,8H,1-3H2;3,5,7H,1-2,4H2,(H,13,14). The van der Waals surface area contributed by atoms with Crippen LogP contribution in [-0.4, -0.2) is 21.0 Å². The molecule has 0 spiro atoms. The van der Waals surface area contributed by atoms with Gasteiger partial charge in [0.25, 0.3) is 0 Å². The Kier molecular flexibility index (Phi) is 5.75. The zero-order chi connectivity index (χ0) is 19.4. The molecule has 27 heavy (non-hydrogen) atoms. The highest BCUT2D eigenvalue weighted by atomic mass is 19.1. The number of hydrogen-bond donors (Lipinski definition) is 1. The van der Waals surface area contributed by atoms with Crippen LogP contribution in [0.3, 0.4) is 0 Å². The number of aromatic nitrogens is 2. The van der Waals surface area contributed by atoms with Crippen molar-refractivity contribution in [1.29, 1.82) is 5.26 Å². The zero-order valence-electron chi connectivity index (χ0n) is 14.7. The summed E-state index contributed by atoms with van der Waals surface area (Å²) in [5, 5.41) is 16.9. The van der Waals surface area contributed by atoms with Crippen LogP contribution in [0.2, 0.25) is 0 Å². The Hall–Kier alpha value is -2.88. The Morgan fingerprint density at radius 3 is 1.93 bits per heavy atom. The van der Waals surface area contributed by atoms with Crippen molar-refractivity contribution in [3.63, 3.8) is 0 Å². The number of halogens is 2. The van der Waals surface area contributed by atoms with Crippen LogP contribution in [0.4, 0.5) is 8.78 Å². The summed E-state index contributed by atoms with van der Waals surface area (Å²) in [6.07, 6.45) is 7.17. The molecule has 2 aromatic heterocycles. The lowest BCUT2D eigenvalue weighted by atomic mass is 10.1. The molecule has 1 N–H and O–H groups in total. The number of rotatable bonds is 5. The number of aliphatic carboxylic acids is 1. The molecule has 140 valence electrons. The third kappa shape index (κ3) is 5.30. The molecule has 4 rings (SSSR count). The van der Waals surface area contributed by atoms with Crippen LogP contribution in [0.1, 0.15) is 60.0 Å². The van der Waals surface area contributed by atoms with Crippen molar-refractivity contribution in [3.05, 3.63) is 58.7 Å². The van der Waals surface area contributed by atoms with E-state index in [4.69, 9.17) is 10.4 Å². The van der Waals surface area contributed by atoms with Crippen molar-refractivity contribution < 1.29 is 18.7 Å². The maximum atomic E-state index is 13.3. The first-order chi connectivity index (χ1) is 13.0. The Labute approximate surface area is 155 Å². The monoisotopic (exact) mass is 371 g/mol. The first kappa shape index (κ1) is 18.9. The molecule has 2 aromatic rings. The molecule has 2 heterocycles. The van der Waals surface area contributed by atoms with E-state index < -0.39 is 5.97 Å². The topological polar surface area (TPSA) is 86.9 Å². The highest BCUT2D eigenvalue weighted by molar-refractivity contribution is 5.70. The first-order valence-electron chi connectivity index (χ1n) is 8.85. The normalized spacial score (nSPS) is 15.4. The van der Waals surface area contributed by atoms with Gasteiger partial charge in [0.2, 0.25) is 0 Å². The second kappa shape index (κ2) is 8.21. The largest absolute Gasteiger partial charge is 0.481 e. The van der Waals surface area contributed by atoms with Crippen molar-refractivity contribution in [2.45, 2.75) is 50.4 Å². The van der Waals surface area contributed by atoms with Crippen molar-refractivity contribution in [1.82, 2.24) is 9.97 Å². The molecule has 2 fully saturated rings. The average molecular weight is 371 g/mol. The number of carbonyl (C=O) groups is 1. The Morgan fingerprint density at radius 2 is 1.52 bits per heavy atom. The third-order valence-corrected chi connectivity index (χ3v) is 4.42. The molecule has 7 heteroatoms. The average Bonchev–Trinajstić information content (AvgIpc) is 3.49. The molecule has 0 unspecified atom stereocenters. The summed E-state index contributed by atoms with van der Waals surface area (Å²) in [7, 11) is 0. The van der Waals surface area contributed by atoms with Gasteiger partial charge in [-0.1, -0.05) is 0 Å². The summed E-state index contributed by atoms with van der Waals surface area (Å²) in [6, 6.07) is 4.66. The van der Waals surface area contributed by atoms with Crippen LogP contribution < -0.4 is 0 Å². The summed E-state index contributed by atoms with van der Waals surface area (Å²) in [5.74, 6) is -1.00. The van der Waals surface area contributed by atoms with Crippen LogP contribution in [0, 0.1) is 23.0 Å². The highest BCUT2D eigenvalue weighted by Crippen LogP contribution is 2.40. The summed E-state index contributed by atoms with van der Waals surface area (Å²) < 4.78 is 26.6. The van der Waals surface area contributed by atoms with Gasteiger partial charge in [-0.25, -0.2) is 8.78 Å². The van der Waals surface area contributed by atoms with Gasteiger partial charge in [0.15, 0.2) is 0 Å². The second-order valence-corrected chi connectivity index (χ2v) is 6.88. The number of hydrogen-bond acceptors (Lipinski definition) is 4. The van der Waals surface area contributed by atoms with Gasteiger partial charge in [-0.2, -0.15) is 5.26 Å². The van der Waals surface area contributed by atoms with E-state index in [-0.39, 0.29) is 30.4 Å². The molecular weight excluding hydrogens is 352 g/mol. The van der Waals surface area contributed by atoms with E-state index in [2.05, 4.69) is 9.97 Å². The summed E-state index contributed by atoms with van der Waals surface area (Å²) in [4.78, 5) is 18.3. The van der Waals surface area contributed by atoms with E-state index in [9.17, 15) is 13.6 Å². The summed E-state index contributed by atoms with van der Waals surface area (Å²) in [5.41, 5.74) is 2.13. The van der Waals surface area contributed by atoms with Crippen LogP contribution in [0.5, 0.6) is 0 Å². The van der Waals surface area contributed by atoms with Crippen LogP contribution in [-0.2, 0) is 17.6 Å². The summed E-state index contributed by atoms with van der Waals surface area (Å²) in [6.45, 7) is 0. The zero-order valence-corrected chi connectivity index (χ0v) is 14.7. The van der Waals surface area contributed by atoms with Gasteiger partial charge < -0.3 is 5.11 Å². The molecule has 0 aromatic carbocycles. The summed E-state index contributed by atoms with van der Waals surface area (Å²) >= 11 is 0. The molecule has 0 radical (unpaired) electrons. The van der Waals surface area contributed by atoms with E-state index in [1.165, 1.54) is 18.3 Å². The molecular formula is C20H19F2N3O2. The molecule has 2 saturated carbocycles. The van der Waals surface area contributed by atoms with Gasteiger partial charge in [-0.05, 0) is 48.9 Å². The molecule has 2 aliphatic carbocycles. The number of nitrogens with zero attached hydrogens (tertiary/aromatic N) is 3. The molecule has 0 bridgehead atoms. The molecule has 0 atom stereocenters. The Morgan fingerprint density at radius 1 is 1.04 bits per heavy atom.